The molecule has 0 spiro atoms. The summed E-state index contributed by atoms with van der Waals surface area (Å²) in [5.74, 6) is 1.40. The molecular weight excluding hydrogens is 311 g/mol. The van der Waals surface area contributed by atoms with Crippen molar-refractivity contribution in [2.45, 2.75) is 32.6 Å². The fraction of sp³-hybridized carbons (Fsp3) is 0.318. The molecule has 0 saturated heterocycles. The molecule has 0 atom stereocenters. The van der Waals surface area contributed by atoms with E-state index in [0.29, 0.717) is 11.8 Å². The molecular formula is C22H23OP. The van der Waals surface area contributed by atoms with Gasteiger partial charge in [0, 0.05) is 15.9 Å². The maximum Gasteiger partial charge on any atom is 0.174 e. The van der Waals surface area contributed by atoms with Gasteiger partial charge in [-0.1, -0.05) is 60.7 Å². The van der Waals surface area contributed by atoms with Crippen LogP contribution in [-0.2, 0) is 4.57 Å². The molecule has 1 nitrogen and oxygen atoms in total. The van der Waals surface area contributed by atoms with Gasteiger partial charge in [0.05, 0.1) is 0 Å². The highest BCUT2D eigenvalue weighted by Crippen LogP contribution is 2.53. The number of hydrogen-bond acceptors (Lipinski definition) is 1. The van der Waals surface area contributed by atoms with Gasteiger partial charge in [-0.15, -0.1) is 5.73 Å². The number of rotatable bonds is 5. The van der Waals surface area contributed by atoms with Crippen molar-refractivity contribution in [1.82, 2.24) is 0 Å². The van der Waals surface area contributed by atoms with Crippen molar-refractivity contribution in [2.75, 3.05) is 0 Å². The van der Waals surface area contributed by atoms with Crippen LogP contribution in [0.4, 0.5) is 0 Å². The Bertz CT molecular complexity index is 779. The zero-order valence-corrected chi connectivity index (χ0v) is 15.0. The second-order valence-electron chi connectivity index (χ2n) is 6.99. The van der Waals surface area contributed by atoms with Crippen LogP contribution < -0.4 is 10.6 Å². The quantitative estimate of drug-likeness (QED) is 0.539. The van der Waals surface area contributed by atoms with Crippen LogP contribution in [0.2, 0.25) is 0 Å². The van der Waals surface area contributed by atoms with Gasteiger partial charge in [-0.2, -0.15) is 0 Å². The van der Waals surface area contributed by atoms with Crippen molar-refractivity contribution in [3.63, 3.8) is 0 Å². The first kappa shape index (κ1) is 15.7. The summed E-state index contributed by atoms with van der Waals surface area (Å²) in [4.78, 5) is 0. The lowest BCUT2D eigenvalue weighted by Gasteiger charge is -2.19. The van der Waals surface area contributed by atoms with E-state index in [0.717, 1.165) is 15.9 Å². The van der Waals surface area contributed by atoms with Gasteiger partial charge in [-0.3, -0.25) is 0 Å². The zero-order chi connectivity index (χ0) is 16.6. The summed E-state index contributed by atoms with van der Waals surface area (Å²) < 4.78 is 14.2. The zero-order valence-electron chi connectivity index (χ0n) is 14.1. The van der Waals surface area contributed by atoms with E-state index in [9.17, 15) is 4.57 Å². The molecule has 0 amide bonds. The van der Waals surface area contributed by atoms with E-state index in [1.807, 2.05) is 67.6 Å². The number of benzene rings is 2. The average Bonchev–Trinajstić information content (AvgIpc) is 3.53. The Balaban J connectivity index is 1.90. The summed E-state index contributed by atoms with van der Waals surface area (Å²) in [6, 6.07) is 19.8. The molecule has 4 rings (SSSR count). The number of hydrogen-bond donors (Lipinski definition) is 0. The van der Waals surface area contributed by atoms with Crippen LogP contribution in [0.1, 0.15) is 32.6 Å². The van der Waals surface area contributed by atoms with Crippen LogP contribution in [0.3, 0.4) is 0 Å². The highest BCUT2D eigenvalue weighted by atomic mass is 31.2. The van der Waals surface area contributed by atoms with Gasteiger partial charge in [-0.05, 0) is 50.0 Å². The number of allylic oxidation sites excluding steroid dienone is 1. The summed E-state index contributed by atoms with van der Waals surface area (Å²) in [7, 11) is -2.81. The standard InChI is InChI=1S/C22H23OP/c1-17(16-22(18-12-13-18)19-14-15-19)24(23,20-8-4-2-5-9-20)21-10-6-3-7-11-21/h2-11,18-19H,12-15H2,1H3. The summed E-state index contributed by atoms with van der Waals surface area (Å²) in [6.45, 7) is 2.02. The van der Waals surface area contributed by atoms with Crippen molar-refractivity contribution in [2.24, 2.45) is 11.8 Å². The third-order valence-corrected chi connectivity index (χ3v) is 8.18. The molecule has 0 aliphatic heterocycles. The van der Waals surface area contributed by atoms with Crippen LogP contribution in [-0.4, -0.2) is 0 Å². The summed E-state index contributed by atoms with van der Waals surface area (Å²) in [6.07, 6.45) is 5.14. The Morgan fingerprint density at radius 1 is 0.833 bits per heavy atom. The van der Waals surface area contributed by atoms with Gasteiger partial charge in [-0.25, -0.2) is 0 Å². The van der Waals surface area contributed by atoms with Gasteiger partial charge in [0.15, 0.2) is 7.14 Å². The van der Waals surface area contributed by atoms with Crippen molar-refractivity contribution in [3.05, 3.63) is 77.3 Å². The van der Waals surface area contributed by atoms with Crippen molar-refractivity contribution in [1.29, 1.82) is 0 Å². The monoisotopic (exact) mass is 334 g/mol. The average molecular weight is 334 g/mol. The predicted octanol–water partition coefficient (Wildman–Crippen LogP) is 5.25. The Morgan fingerprint density at radius 3 is 1.62 bits per heavy atom. The topological polar surface area (TPSA) is 17.1 Å². The van der Waals surface area contributed by atoms with Crippen LogP contribution in [0, 0.1) is 11.8 Å². The maximum absolute atomic E-state index is 14.2. The molecule has 0 aromatic heterocycles. The minimum atomic E-state index is -2.81. The second-order valence-corrected chi connectivity index (χ2v) is 9.92. The molecule has 122 valence electrons. The molecule has 0 N–H and O–H groups in total. The fourth-order valence-corrected chi connectivity index (χ4v) is 5.97. The minimum absolute atomic E-state index is 0.701. The Morgan fingerprint density at radius 2 is 1.25 bits per heavy atom. The highest BCUT2D eigenvalue weighted by molar-refractivity contribution is 7.82. The first-order valence-corrected chi connectivity index (χ1v) is 10.6. The third kappa shape index (κ3) is 2.95. The minimum Gasteiger partial charge on any atom is -0.308 e. The van der Waals surface area contributed by atoms with Gasteiger partial charge < -0.3 is 4.57 Å². The Kier molecular flexibility index (Phi) is 4.09. The van der Waals surface area contributed by atoms with Gasteiger partial charge in [0.1, 0.15) is 0 Å². The van der Waals surface area contributed by atoms with E-state index in [1.165, 1.54) is 31.3 Å². The van der Waals surface area contributed by atoms with E-state index >= 15 is 0 Å². The summed E-state index contributed by atoms with van der Waals surface area (Å²) >= 11 is 0. The normalized spacial score (nSPS) is 17.2. The first-order chi connectivity index (χ1) is 11.7. The van der Waals surface area contributed by atoms with Gasteiger partial charge in [0.25, 0.3) is 0 Å². The van der Waals surface area contributed by atoms with E-state index in [2.05, 4.69) is 5.73 Å². The van der Waals surface area contributed by atoms with Crippen LogP contribution in [0.15, 0.2) is 77.3 Å². The largest absolute Gasteiger partial charge is 0.308 e. The predicted molar refractivity (Wildman–Crippen MR) is 101 cm³/mol. The molecule has 0 radical (unpaired) electrons. The molecule has 24 heavy (non-hydrogen) atoms. The molecule has 2 aliphatic rings. The lowest BCUT2D eigenvalue weighted by atomic mass is 10.1. The van der Waals surface area contributed by atoms with E-state index in [1.54, 1.807) is 0 Å². The maximum atomic E-state index is 14.2. The van der Waals surface area contributed by atoms with Crippen LogP contribution in [0.25, 0.3) is 0 Å². The van der Waals surface area contributed by atoms with E-state index < -0.39 is 7.14 Å². The van der Waals surface area contributed by atoms with Crippen molar-refractivity contribution < 1.29 is 4.57 Å². The fourth-order valence-electron chi connectivity index (χ4n) is 3.43. The smallest absolute Gasteiger partial charge is 0.174 e. The van der Waals surface area contributed by atoms with Crippen LogP contribution in [0.5, 0.6) is 0 Å². The molecule has 2 aliphatic carbocycles. The lowest BCUT2D eigenvalue weighted by Crippen LogP contribution is -2.16. The molecule has 2 heteroatoms. The van der Waals surface area contributed by atoms with Gasteiger partial charge in [0.2, 0.25) is 0 Å². The van der Waals surface area contributed by atoms with E-state index in [-0.39, 0.29) is 0 Å². The molecule has 2 fully saturated rings. The van der Waals surface area contributed by atoms with Crippen molar-refractivity contribution >= 4 is 17.8 Å². The first-order valence-electron chi connectivity index (χ1n) is 8.89. The van der Waals surface area contributed by atoms with E-state index in [4.69, 9.17) is 0 Å². The lowest BCUT2D eigenvalue weighted by molar-refractivity contribution is 0.590. The Labute approximate surface area is 144 Å². The summed E-state index contributed by atoms with van der Waals surface area (Å²) in [5.41, 5.74) is 5.09. The Hall–Kier alpha value is -1.81. The molecule has 2 saturated carbocycles. The SMILES string of the molecule is CC(=C=C(C1CC1)C1CC1)P(=O)(c1ccccc1)c1ccccc1. The van der Waals surface area contributed by atoms with Crippen molar-refractivity contribution in [3.8, 4) is 0 Å². The molecule has 0 unspecified atom stereocenters. The van der Waals surface area contributed by atoms with Gasteiger partial charge >= 0.3 is 0 Å². The summed E-state index contributed by atoms with van der Waals surface area (Å²) in [5, 5.41) is 2.73. The third-order valence-electron chi connectivity index (χ3n) is 5.07. The molecule has 2 aromatic carbocycles. The van der Waals surface area contributed by atoms with Crippen LogP contribution >= 0.6 is 7.14 Å². The second kappa shape index (κ2) is 6.25. The molecule has 0 heterocycles. The molecule has 0 bridgehead atoms. The molecule has 2 aromatic rings. The highest BCUT2D eigenvalue weighted by Gasteiger charge is 2.37.